The highest BCUT2D eigenvalue weighted by Gasteiger charge is 2.21. The van der Waals surface area contributed by atoms with Crippen molar-refractivity contribution in [3.8, 4) is 0 Å². The monoisotopic (exact) mass is 303 g/mol. The Hall–Kier alpha value is -2.12. The molecule has 0 spiro atoms. The molecule has 0 amide bonds. The minimum atomic E-state index is 0.317. The molecule has 1 heteroatoms. The molecule has 2 atom stereocenters. The standard InChI is InChI=1S/C22H25N/c1-16(2)23-22(19-10-5-4-6-11-19)17(3)20-14-13-18-9-7-8-12-21(18)15-20/h4-17,22-23H,1-3H3. The third-order valence-electron chi connectivity index (χ3n) is 4.47. The Morgan fingerprint density at radius 1 is 0.652 bits per heavy atom. The lowest BCUT2D eigenvalue weighted by Gasteiger charge is -2.28. The zero-order chi connectivity index (χ0) is 16.2. The van der Waals surface area contributed by atoms with E-state index in [2.05, 4.69) is 98.9 Å². The number of hydrogen-bond acceptors (Lipinski definition) is 1. The summed E-state index contributed by atoms with van der Waals surface area (Å²) in [6.07, 6.45) is 0. The van der Waals surface area contributed by atoms with E-state index in [0.29, 0.717) is 18.0 Å². The average molecular weight is 303 g/mol. The fourth-order valence-electron chi connectivity index (χ4n) is 3.23. The third kappa shape index (κ3) is 3.62. The van der Waals surface area contributed by atoms with Crippen LogP contribution in [0.25, 0.3) is 10.8 Å². The summed E-state index contributed by atoms with van der Waals surface area (Å²) in [6, 6.07) is 26.9. The van der Waals surface area contributed by atoms with Gasteiger partial charge in [-0.3, -0.25) is 0 Å². The van der Waals surface area contributed by atoms with Crippen molar-refractivity contribution in [1.82, 2.24) is 5.32 Å². The molecular formula is C22H25N. The molecule has 118 valence electrons. The summed E-state index contributed by atoms with van der Waals surface area (Å²) in [5.74, 6) is 0.407. The largest absolute Gasteiger partial charge is 0.307 e. The molecular weight excluding hydrogens is 278 g/mol. The molecule has 0 aromatic heterocycles. The molecule has 0 radical (unpaired) electrons. The van der Waals surface area contributed by atoms with Crippen LogP contribution in [0.3, 0.4) is 0 Å². The molecule has 0 heterocycles. The van der Waals surface area contributed by atoms with Crippen LogP contribution in [-0.2, 0) is 0 Å². The van der Waals surface area contributed by atoms with Crippen LogP contribution in [0.5, 0.6) is 0 Å². The smallest absolute Gasteiger partial charge is 0.0388 e. The Labute approximate surface area is 139 Å². The van der Waals surface area contributed by atoms with Crippen molar-refractivity contribution in [2.45, 2.75) is 38.8 Å². The molecule has 23 heavy (non-hydrogen) atoms. The lowest BCUT2D eigenvalue weighted by Crippen LogP contribution is -2.31. The van der Waals surface area contributed by atoms with Gasteiger partial charge in [-0.2, -0.15) is 0 Å². The van der Waals surface area contributed by atoms with Crippen LogP contribution in [0.15, 0.2) is 72.8 Å². The van der Waals surface area contributed by atoms with Gasteiger partial charge in [0.05, 0.1) is 0 Å². The van der Waals surface area contributed by atoms with Crippen LogP contribution >= 0.6 is 0 Å². The third-order valence-corrected chi connectivity index (χ3v) is 4.47. The molecule has 0 fully saturated rings. The fraction of sp³-hybridized carbons (Fsp3) is 0.273. The summed E-state index contributed by atoms with van der Waals surface area (Å²) in [5.41, 5.74) is 2.73. The van der Waals surface area contributed by atoms with Crippen LogP contribution in [0, 0.1) is 0 Å². The van der Waals surface area contributed by atoms with Crippen molar-refractivity contribution in [3.05, 3.63) is 83.9 Å². The molecule has 1 nitrogen and oxygen atoms in total. The van der Waals surface area contributed by atoms with E-state index in [9.17, 15) is 0 Å². The number of nitrogens with one attached hydrogen (secondary N) is 1. The fourth-order valence-corrected chi connectivity index (χ4v) is 3.23. The molecule has 3 aromatic rings. The van der Waals surface area contributed by atoms with E-state index in [1.165, 1.54) is 21.9 Å². The summed E-state index contributed by atoms with van der Waals surface area (Å²) in [7, 11) is 0. The van der Waals surface area contributed by atoms with Crippen molar-refractivity contribution in [2.75, 3.05) is 0 Å². The van der Waals surface area contributed by atoms with Crippen molar-refractivity contribution in [3.63, 3.8) is 0 Å². The first-order valence-electron chi connectivity index (χ1n) is 8.45. The van der Waals surface area contributed by atoms with E-state index in [4.69, 9.17) is 0 Å². The number of rotatable bonds is 5. The molecule has 2 unspecified atom stereocenters. The first kappa shape index (κ1) is 15.8. The van der Waals surface area contributed by atoms with Gasteiger partial charge in [-0.05, 0) is 21.9 Å². The Morgan fingerprint density at radius 3 is 2.00 bits per heavy atom. The molecule has 0 aliphatic heterocycles. The highest BCUT2D eigenvalue weighted by molar-refractivity contribution is 5.83. The molecule has 0 aliphatic carbocycles. The van der Waals surface area contributed by atoms with Crippen molar-refractivity contribution >= 4 is 10.8 Å². The van der Waals surface area contributed by atoms with E-state index in [1.54, 1.807) is 0 Å². The van der Waals surface area contributed by atoms with Crippen LogP contribution in [0.4, 0.5) is 0 Å². The van der Waals surface area contributed by atoms with Gasteiger partial charge in [0.1, 0.15) is 0 Å². The first-order valence-corrected chi connectivity index (χ1v) is 8.45. The second-order valence-electron chi connectivity index (χ2n) is 6.60. The quantitative estimate of drug-likeness (QED) is 0.639. The van der Waals surface area contributed by atoms with Crippen LogP contribution < -0.4 is 5.32 Å². The van der Waals surface area contributed by atoms with Gasteiger partial charge < -0.3 is 5.32 Å². The van der Waals surface area contributed by atoms with E-state index in [-0.39, 0.29) is 0 Å². The summed E-state index contributed by atoms with van der Waals surface area (Å²) in [4.78, 5) is 0. The first-order chi connectivity index (χ1) is 11.1. The Balaban J connectivity index is 1.97. The van der Waals surface area contributed by atoms with Gasteiger partial charge in [0, 0.05) is 18.0 Å². The van der Waals surface area contributed by atoms with Crippen molar-refractivity contribution in [1.29, 1.82) is 0 Å². The van der Waals surface area contributed by atoms with Gasteiger partial charge >= 0.3 is 0 Å². The van der Waals surface area contributed by atoms with E-state index < -0.39 is 0 Å². The minimum absolute atomic E-state index is 0.317. The molecule has 0 bridgehead atoms. The minimum Gasteiger partial charge on any atom is -0.307 e. The number of fused-ring (bicyclic) bond motifs is 1. The second kappa shape index (κ2) is 6.97. The van der Waals surface area contributed by atoms with Crippen molar-refractivity contribution < 1.29 is 0 Å². The van der Waals surface area contributed by atoms with Gasteiger partial charge in [0.2, 0.25) is 0 Å². The predicted octanol–water partition coefficient (Wildman–Crippen LogP) is 5.68. The van der Waals surface area contributed by atoms with Gasteiger partial charge in [-0.15, -0.1) is 0 Å². The Kier molecular flexibility index (Phi) is 4.78. The number of benzene rings is 3. The van der Waals surface area contributed by atoms with Crippen LogP contribution in [0.1, 0.15) is 43.9 Å². The molecule has 0 saturated carbocycles. The van der Waals surface area contributed by atoms with E-state index in [0.717, 1.165) is 0 Å². The van der Waals surface area contributed by atoms with Crippen LogP contribution in [0.2, 0.25) is 0 Å². The van der Waals surface area contributed by atoms with Gasteiger partial charge in [-0.1, -0.05) is 93.6 Å². The normalized spacial score (nSPS) is 14.1. The zero-order valence-corrected chi connectivity index (χ0v) is 14.2. The molecule has 3 aromatic carbocycles. The van der Waals surface area contributed by atoms with Crippen LogP contribution in [-0.4, -0.2) is 6.04 Å². The van der Waals surface area contributed by atoms with Gasteiger partial charge in [0.15, 0.2) is 0 Å². The molecule has 3 rings (SSSR count). The maximum atomic E-state index is 3.74. The van der Waals surface area contributed by atoms with E-state index >= 15 is 0 Å². The highest BCUT2D eigenvalue weighted by atomic mass is 14.9. The summed E-state index contributed by atoms with van der Waals surface area (Å²) in [5, 5.41) is 6.36. The second-order valence-corrected chi connectivity index (χ2v) is 6.60. The summed E-state index contributed by atoms with van der Waals surface area (Å²) in [6.45, 7) is 6.74. The van der Waals surface area contributed by atoms with Gasteiger partial charge in [-0.25, -0.2) is 0 Å². The van der Waals surface area contributed by atoms with E-state index in [1.807, 2.05) is 0 Å². The number of hydrogen-bond donors (Lipinski definition) is 1. The maximum absolute atomic E-state index is 3.74. The Morgan fingerprint density at radius 2 is 1.30 bits per heavy atom. The lowest BCUT2D eigenvalue weighted by atomic mass is 9.87. The zero-order valence-electron chi connectivity index (χ0n) is 14.2. The lowest BCUT2D eigenvalue weighted by molar-refractivity contribution is 0.426. The Bertz CT molecular complexity index is 761. The topological polar surface area (TPSA) is 12.0 Å². The molecule has 1 N–H and O–H groups in total. The summed E-state index contributed by atoms with van der Waals surface area (Å²) < 4.78 is 0. The highest BCUT2D eigenvalue weighted by Crippen LogP contribution is 2.32. The predicted molar refractivity (Wildman–Crippen MR) is 99.8 cm³/mol. The van der Waals surface area contributed by atoms with Crippen molar-refractivity contribution in [2.24, 2.45) is 0 Å². The maximum Gasteiger partial charge on any atom is 0.0388 e. The average Bonchev–Trinajstić information content (AvgIpc) is 2.59. The van der Waals surface area contributed by atoms with Gasteiger partial charge in [0.25, 0.3) is 0 Å². The molecule has 0 saturated heterocycles. The molecule has 0 aliphatic rings. The summed E-state index contributed by atoms with van der Waals surface area (Å²) >= 11 is 0. The SMILES string of the molecule is CC(C)NC(c1ccccc1)C(C)c1ccc2ccccc2c1.